The predicted molar refractivity (Wildman–Crippen MR) is 87.6 cm³/mol. The van der Waals surface area contributed by atoms with Gasteiger partial charge in [0.1, 0.15) is 11.6 Å². The Morgan fingerprint density at radius 1 is 1.41 bits per heavy atom. The van der Waals surface area contributed by atoms with Crippen molar-refractivity contribution in [3.63, 3.8) is 0 Å². The fourth-order valence-corrected chi connectivity index (χ4v) is 7.36. The van der Waals surface area contributed by atoms with E-state index < -0.39 is 25.6 Å². The van der Waals surface area contributed by atoms with Gasteiger partial charge in [0.25, 0.3) is 0 Å². The van der Waals surface area contributed by atoms with E-state index in [9.17, 15) is 9.59 Å². The Balaban J connectivity index is 2.53. The maximum atomic E-state index is 13.2. The maximum Gasteiger partial charge on any atom is 0.509 e. The van der Waals surface area contributed by atoms with E-state index in [1.54, 1.807) is 0 Å². The number of likely N-dealkylation sites (tertiary alicyclic amines) is 1. The van der Waals surface area contributed by atoms with Crippen LogP contribution in [0.1, 0.15) is 34.1 Å². The minimum absolute atomic E-state index is 0.00340. The first-order chi connectivity index (χ1) is 10.0. The topological polar surface area (TPSA) is 55.8 Å². The fourth-order valence-electron chi connectivity index (χ4n) is 4.31. The number of carbonyl (C=O) groups excluding carboxylic acids is 2. The lowest BCUT2D eigenvalue weighted by Gasteiger charge is -2.66. The Morgan fingerprint density at radius 3 is 2.36 bits per heavy atom. The Bertz CT molecular complexity index is 513. The number of hydrogen-bond acceptors (Lipinski definition) is 4. The van der Waals surface area contributed by atoms with Crippen LogP contribution in [-0.4, -0.2) is 49.5 Å². The van der Waals surface area contributed by atoms with Crippen molar-refractivity contribution in [1.29, 1.82) is 0 Å². The minimum Gasteiger partial charge on any atom is -0.430 e. The van der Waals surface area contributed by atoms with E-state index in [1.165, 1.54) is 0 Å². The van der Waals surface area contributed by atoms with Gasteiger partial charge >= 0.3 is 6.16 Å². The molecule has 2 heterocycles. The summed E-state index contributed by atoms with van der Waals surface area (Å²) in [6.45, 7) is 16.2. The van der Waals surface area contributed by atoms with Crippen LogP contribution in [-0.2, 0) is 14.3 Å². The summed E-state index contributed by atoms with van der Waals surface area (Å²) in [4.78, 5) is 26.7. The predicted octanol–water partition coefficient (Wildman–Crippen LogP) is 2.72. The highest BCUT2D eigenvalue weighted by Crippen LogP contribution is 2.61. The van der Waals surface area contributed by atoms with Crippen LogP contribution < -0.4 is 0 Å². The highest BCUT2D eigenvalue weighted by atomic mass is 28.3. The van der Waals surface area contributed by atoms with Crippen LogP contribution in [0.3, 0.4) is 0 Å². The van der Waals surface area contributed by atoms with Gasteiger partial charge in [0.05, 0.1) is 14.8 Å². The zero-order chi connectivity index (χ0) is 16.9. The third kappa shape index (κ3) is 2.03. The molecule has 0 saturated carbocycles. The molecule has 124 valence electrons. The van der Waals surface area contributed by atoms with Gasteiger partial charge < -0.3 is 14.4 Å². The van der Waals surface area contributed by atoms with Crippen LogP contribution in [0.5, 0.6) is 0 Å². The molecule has 0 aromatic carbocycles. The lowest BCUT2D eigenvalue weighted by atomic mass is 9.70. The Hall–Kier alpha value is -1.30. The quantitative estimate of drug-likeness (QED) is 0.345. The molecule has 2 rings (SSSR count). The van der Waals surface area contributed by atoms with Crippen molar-refractivity contribution in [1.82, 2.24) is 4.90 Å². The van der Waals surface area contributed by atoms with E-state index in [1.807, 2.05) is 38.7 Å². The standard InChI is InChI=1S/C16H27NO4Si/c1-8-9-11-16(22(6)7,12(18)17(11)14(2,3)4)15(5)10-20-13(19)21-15/h8,11,22H,1,9-10H2,2-7H3. The normalized spacial score (nSPS) is 35.2. The summed E-state index contributed by atoms with van der Waals surface area (Å²) in [7, 11) is -1.52. The second kappa shape index (κ2) is 5.11. The van der Waals surface area contributed by atoms with E-state index in [4.69, 9.17) is 9.47 Å². The lowest BCUT2D eigenvalue weighted by molar-refractivity contribution is -0.178. The van der Waals surface area contributed by atoms with Gasteiger partial charge in [-0.25, -0.2) is 4.79 Å². The average molecular weight is 325 g/mol. The van der Waals surface area contributed by atoms with E-state index in [0.29, 0.717) is 6.42 Å². The zero-order valence-electron chi connectivity index (χ0n) is 14.4. The highest BCUT2D eigenvalue weighted by molar-refractivity contribution is 6.66. The number of cyclic esters (lactones) is 2. The van der Waals surface area contributed by atoms with Crippen LogP contribution in [0, 0.1) is 0 Å². The SMILES string of the molecule is C=CCC1N(C(C)(C)C)C(=O)C1([SiH](C)C)C1(C)COC(=O)O1. The summed E-state index contributed by atoms with van der Waals surface area (Å²) in [5, 5.41) is -0.638. The molecule has 22 heavy (non-hydrogen) atoms. The first-order valence-corrected chi connectivity index (χ1v) is 10.7. The molecule has 0 aromatic heterocycles. The molecule has 1 amide bonds. The van der Waals surface area contributed by atoms with Gasteiger partial charge in [0.2, 0.25) is 5.91 Å². The van der Waals surface area contributed by atoms with Crippen molar-refractivity contribution >= 4 is 20.9 Å². The Labute approximate surface area is 134 Å². The van der Waals surface area contributed by atoms with Crippen molar-refractivity contribution in [3.05, 3.63) is 12.7 Å². The van der Waals surface area contributed by atoms with Gasteiger partial charge in [-0.15, -0.1) is 6.58 Å². The maximum absolute atomic E-state index is 13.2. The van der Waals surface area contributed by atoms with Gasteiger partial charge in [-0.2, -0.15) is 0 Å². The van der Waals surface area contributed by atoms with Crippen molar-refractivity contribution in [2.24, 2.45) is 0 Å². The summed E-state index contributed by atoms with van der Waals surface area (Å²) in [6.07, 6.45) is 1.87. The monoisotopic (exact) mass is 325 g/mol. The smallest absolute Gasteiger partial charge is 0.430 e. The molecule has 2 aliphatic heterocycles. The molecule has 6 heteroatoms. The molecule has 0 radical (unpaired) electrons. The molecule has 0 N–H and O–H groups in total. The number of amides is 1. The molecule has 3 atom stereocenters. The van der Waals surface area contributed by atoms with E-state index in [-0.39, 0.29) is 24.1 Å². The summed E-state index contributed by atoms with van der Waals surface area (Å²) < 4.78 is 10.6. The molecule has 0 aliphatic carbocycles. The molecular weight excluding hydrogens is 298 g/mol. The molecule has 2 aliphatic rings. The first-order valence-electron chi connectivity index (χ1n) is 7.83. The second-order valence-electron chi connectivity index (χ2n) is 7.78. The number of carbonyl (C=O) groups is 2. The number of rotatable bonds is 4. The molecule has 2 saturated heterocycles. The summed E-state index contributed by atoms with van der Waals surface area (Å²) >= 11 is 0. The van der Waals surface area contributed by atoms with Crippen LogP contribution in [0.2, 0.25) is 18.1 Å². The van der Waals surface area contributed by atoms with E-state index in [0.717, 1.165) is 0 Å². The van der Waals surface area contributed by atoms with Gasteiger partial charge in [0, 0.05) is 5.54 Å². The first kappa shape index (κ1) is 17.1. The van der Waals surface area contributed by atoms with Crippen LogP contribution in [0.4, 0.5) is 4.79 Å². The summed E-state index contributed by atoms with van der Waals surface area (Å²) in [5.41, 5.74) is -1.14. The molecule has 2 fully saturated rings. The van der Waals surface area contributed by atoms with Gasteiger partial charge in [0.15, 0.2) is 5.60 Å². The average Bonchev–Trinajstić information content (AvgIpc) is 2.67. The molecule has 0 bridgehead atoms. The zero-order valence-corrected chi connectivity index (χ0v) is 15.6. The fraction of sp³-hybridized carbons (Fsp3) is 0.750. The number of β-lactam (4-membered cyclic amide) rings is 1. The van der Waals surface area contributed by atoms with E-state index in [2.05, 4.69) is 19.7 Å². The number of hydrogen-bond donors (Lipinski definition) is 0. The summed E-state index contributed by atoms with van der Waals surface area (Å²) in [6, 6.07) is 0.00340. The number of nitrogens with zero attached hydrogens (tertiary/aromatic N) is 1. The Kier molecular flexibility index (Phi) is 3.96. The molecule has 3 unspecified atom stereocenters. The largest absolute Gasteiger partial charge is 0.509 e. The lowest BCUT2D eigenvalue weighted by Crippen LogP contribution is -2.79. The van der Waals surface area contributed by atoms with Gasteiger partial charge in [-0.3, -0.25) is 4.79 Å². The minimum atomic E-state index is -1.52. The molecule has 0 aromatic rings. The summed E-state index contributed by atoms with van der Waals surface area (Å²) in [5.74, 6) is 0.0920. The van der Waals surface area contributed by atoms with Crippen molar-refractivity contribution in [2.45, 2.75) is 69.4 Å². The third-order valence-corrected chi connectivity index (χ3v) is 8.15. The van der Waals surface area contributed by atoms with Crippen molar-refractivity contribution in [2.75, 3.05) is 6.61 Å². The number of ether oxygens (including phenoxy) is 2. The Morgan fingerprint density at radius 2 is 2.00 bits per heavy atom. The van der Waals surface area contributed by atoms with Crippen LogP contribution >= 0.6 is 0 Å². The van der Waals surface area contributed by atoms with E-state index >= 15 is 0 Å². The molecule has 0 spiro atoms. The molecule has 5 nitrogen and oxygen atoms in total. The molecular formula is C16H27NO4Si. The highest BCUT2D eigenvalue weighted by Gasteiger charge is 2.74. The van der Waals surface area contributed by atoms with Gasteiger partial charge in [-0.1, -0.05) is 19.2 Å². The van der Waals surface area contributed by atoms with Crippen LogP contribution in [0.15, 0.2) is 12.7 Å². The van der Waals surface area contributed by atoms with Crippen molar-refractivity contribution < 1.29 is 19.1 Å². The van der Waals surface area contributed by atoms with Crippen LogP contribution in [0.25, 0.3) is 0 Å². The third-order valence-electron chi connectivity index (χ3n) is 5.08. The van der Waals surface area contributed by atoms with Crippen molar-refractivity contribution in [3.8, 4) is 0 Å². The second-order valence-corrected chi connectivity index (χ2v) is 11.0. The van der Waals surface area contributed by atoms with Gasteiger partial charge in [-0.05, 0) is 34.1 Å².